The van der Waals surface area contributed by atoms with Gasteiger partial charge in [0.2, 0.25) is 5.91 Å². The van der Waals surface area contributed by atoms with Gasteiger partial charge < -0.3 is 9.64 Å². The van der Waals surface area contributed by atoms with E-state index in [2.05, 4.69) is 13.8 Å². The first-order valence-electron chi connectivity index (χ1n) is 5.92. The van der Waals surface area contributed by atoms with Crippen LogP contribution in [0, 0.1) is 11.3 Å². The number of ether oxygens (including phenoxy) is 1. The predicted molar refractivity (Wildman–Crippen MR) is 65.7 cm³/mol. The van der Waals surface area contributed by atoms with Crippen LogP contribution in [-0.2, 0) is 9.53 Å². The van der Waals surface area contributed by atoms with Crippen LogP contribution in [0.15, 0.2) is 0 Å². The van der Waals surface area contributed by atoms with E-state index in [1.54, 1.807) is 0 Å². The smallest absolute Gasteiger partial charge is 0.223 e. The molecule has 0 spiro atoms. The molecule has 1 saturated heterocycles. The quantitative estimate of drug-likeness (QED) is 0.697. The molecule has 1 aliphatic rings. The van der Waals surface area contributed by atoms with Gasteiger partial charge in [-0.05, 0) is 12.3 Å². The minimum Gasteiger partial charge on any atom is -0.381 e. The number of hydrogen-bond donors (Lipinski definition) is 0. The van der Waals surface area contributed by atoms with E-state index >= 15 is 0 Å². The van der Waals surface area contributed by atoms with Gasteiger partial charge >= 0.3 is 0 Å². The van der Waals surface area contributed by atoms with E-state index in [0.29, 0.717) is 18.2 Å². The lowest BCUT2D eigenvalue weighted by Crippen LogP contribution is -2.30. The van der Waals surface area contributed by atoms with Crippen LogP contribution in [0.1, 0.15) is 27.2 Å². The van der Waals surface area contributed by atoms with Crippen molar-refractivity contribution in [2.45, 2.75) is 27.2 Å². The molecule has 1 amide bonds. The number of carbonyl (C=O) groups excluding carboxylic acids is 1. The number of rotatable bonds is 5. The topological polar surface area (TPSA) is 29.5 Å². The third kappa shape index (κ3) is 3.36. The monoisotopic (exact) mass is 247 g/mol. The van der Waals surface area contributed by atoms with Gasteiger partial charge in [-0.25, -0.2) is 0 Å². The van der Waals surface area contributed by atoms with Crippen molar-refractivity contribution in [2.24, 2.45) is 11.3 Å². The van der Waals surface area contributed by atoms with Gasteiger partial charge in [0.25, 0.3) is 0 Å². The van der Waals surface area contributed by atoms with Gasteiger partial charge in [-0.2, -0.15) is 0 Å². The molecular weight excluding hydrogens is 226 g/mol. The fraction of sp³-hybridized carbons (Fsp3) is 0.917. The van der Waals surface area contributed by atoms with Crippen LogP contribution in [0.3, 0.4) is 0 Å². The first kappa shape index (κ1) is 13.8. The van der Waals surface area contributed by atoms with Crippen molar-refractivity contribution in [3.63, 3.8) is 0 Å². The lowest BCUT2D eigenvalue weighted by atomic mass is 9.83. The molecule has 1 rings (SSSR count). The number of carbonyl (C=O) groups is 1. The predicted octanol–water partition coefficient (Wildman–Crippen LogP) is 2.14. The Kier molecular flexibility index (Phi) is 5.06. The normalized spacial score (nSPS) is 23.8. The van der Waals surface area contributed by atoms with Gasteiger partial charge in [-0.3, -0.25) is 4.79 Å². The summed E-state index contributed by atoms with van der Waals surface area (Å²) in [7, 11) is 0. The Morgan fingerprint density at radius 1 is 1.56 bits per heavy atom. The van der Waals surface area contributed by atoms with Crippen LogP contribution in [0.5, 0.6) is 0 Å². The number of alkyl halides is 1. The van der Waals surface area contributed by atoms with Crippen LogP contribution in [0.4, 0.5) is 0 Å². The van der Waals surface area contributed by atoms with Crippen LogP contribution in [-0.4, -0.2) is 43.0 Å². The minimum atomic E-state index is 0.150. The largest absolute Gasteiger partial charge is 0.381 e. The fourth-order valence-corrected chi connectivity index (χ4v) is 2.33. The molecule has 1 atom stereocenters. The second kappa shape index (κ2) is 5.87. The maximum absolute atomic E-state index is 11.8. The van der Waals surface area contributed by atoms with Crippen molar-refractivity contribution >= 4 is 17.5 Å². The number of halogens is 1. The Labute approximate surface area is 103 Å². The Hall–Kier alpha value is -0.280. The summed E-state index contributed by atoms with van der Waals surface area (Å²) in [5.41, 5.74) is 0.150. The van der Waals surface area contributed by atoms with Gasteiger partial charge in [0.15, 0.2) is 0 Å². The highest BCUT2D eigenvalue weighted by Gasteiger charge is 2.40. The molecule has 0 aromatic carbocycles. The standard InChI is InChI=1S/C12H22ClNO2/c1-4-16-8-10-7-14(9-12(10,2)3)11(15)5-6-13/h10H,4-9H2,1-3H3/t10-/m0/s1. The summed E-state index contributed by atoms with van der Waals surface area (Å²) in [6, 6.07) is 0. The molecule has 0 radical (unpaired) electrons. The van der Waals surface area contributed by atoms with Crippen molar-refractivity contribution in [3.05, 3.63) is 0 Å². The molecule has 1 fully saturated rings. The molecule has 0 saturated carbocycles. The molecule has 0 N–H and O–H groups in total. The summed E-state index contributed by atoms with van der Waals surface area (Å²) in [6.07, 6.45) is 0.443. The van der Waals surface area contributed by atoms with Crippen molar-refractivity contribution in [1.82, 2.24) is 4.90 Å². The van der Waals surface area contributed by atoms with Crippen molar-refractivity contribution in [3.8, 4) is 0 Å². The highest BCUT2D eigenvalue weighted by molar-refractivity contribution is 6.18. The summed E-state index contributed by atoms with van der Waals surface area (Å²) in [5, 5.41) is 0. The third-order valence-electron chi connectivity index (χ3n) is 3.33. The van der Waals surface area contributed by atoms with E-state index in [4.69, 9.17) is 16.3 Å². The van der Waals surface area contributed by atoms with Gasteiger partial charge in [0.1, 0.15) is 0 Å². The molecule has 0 aliphatic carbocycles. The molecule has 1 aliphatic heterocycles. The van der Waals surface area contributed by atoms with Crippen LogP contribution >= 0.6 is 11.6 Å². The molecule has 0 unspecified atom stereocenters. The van der Waals surface area contributed by atoms with E-state index in [-0.39, 0.29) is 11.3 Å². The van der Waals surface area contributed by atoms with E-state index in [1.807, 2.05) is 11.8 Å². The van der Waals surface area contributed by atoms with Gasteiger partial charge in [-0.1, -0.05) is 13.8 Å². The van der Waals surface area contributed by atoms with Crippen LogP contribution in [0.25, 0.3) is 0 Å². The second-order valence-electron chi connectivity index (χ2n) is 5.06. The van der Waals surface area contributed by atoms with E-state index < -0.39 is 0 Å². The van der Waals surface area contributed by atoms with Crippen molar-refractivity contribution < 1.29 is 9.53 Å². The number of nitrogens with zero attached hydrogens (tertiary/aromatic N) is 1. The average Bonchev–Trinajstić information content (AvgIpc) is 2.51. The van der Waals surface area contributed by atoms with Crippen LogP contribution in [0.2, 0.25) is 0 Å². The molecule has 16 heavy (non-hydrogen) atoms. The highest BCUT2D eigenvalue weighted by Crippen LogP contribution is 2.35. The van der Waals surface area contributed by atoms with Crippen LogP contribution < -0.4 is 0 Å². The summed E-state index contributed by atoms with van der Waals surface area (Å²) in [5.74, 6) is 1.01. The molecular formula is C12H22ClNO2. The minimum absolute atomic E-state index is 0.150. The van der Waals surface area contributed by atoms with E-state index in [0.717, 1.165) is 26.3 Å². The number of hydrogen-bond acceptors (Lipinski definition) is 2. The lowest BCUT2D eigenvalue weighted by Gasteiger charge is -2.24. The van der Waals surface area contributed by atoms with Gasteiger partial charge in [-0.15, -0.1) is 11.6 Å². The SMILES string of the molecule is CCOC[C@@H]1CN(C(=O)CCCl)CC1(C)C. The molecule has 3 nitrogen and oxygen atoms in total. The average molecular weight is 248 g/mol. The summed E-state index contributed by atoms with van der Waals surface area (Å²) in [4.78, 5) is 13.7. The van der Waals surface area contributed by atoms with Crippen molar-refractivity contribution in [2.75, 3.05) is 32.2 Å². The zero-order valence-electron chi connectivity index (χ0n) is 10.5. The summed E-state index contributed by atoms with van der Waals surface area (Å²) in [6.45, 7) is 9.51. The van der Waals surface area contributed by atoms with Gasteiger partial charge in [0.05, 0.1) is 6.61 Å². The van der Waals surface area contributed by atoms with E-state index in [1.165, 1.54) is 0 Å². The fourth-order valence-electron chi connectivity index (χ4n) is 2.17. The molecule has 0 aromatic heterocycles. The zero-order chi connectivity index (χ0) is 12.2. The first-order valence-corrected chi connectivity index (χ1v) is 6.46. The van der Waals surface area contributed by atoms with Gasteiger partial charge in [0, 0.05) is 37.9 Å². The highest BCUT2D eigenvalue weighted by atomic mass is 35.5. The Morgan fingerprint density at radius 3 is 2.81 bits per heavy atom. The Bertz CT molecular complexity index is 243. The molecule has 0 aromatic rings. The number of amides is 1. The summed E-state index contributed by atoms with van der Waals surface area (Å²) < 4.78 is 5.48. The lowest BCUT2D eigenvalue weighted by molar-refractivity contribution is -0.130. The van der Waals surface area contributed by atoms with Crippen molar-refractivity contribution in [1.29, 1.82) is 0 Å². The molecule has 1 heterocycles. The maximum atomic E-state index is 11.8. The third-order valence-corrected chi connectivity index (χ3v) is 3.52. The molecule has 4 heteroatoms. The second-order valence-corrected chi connectivity index (χ2v) is 5.44. The maximum Gasteiger partial charge on any atom is 0.223 e. The summed E-state index contributed by atoms with van der Waals surface area (Å²) >= 11 is 5.59. The Morgan fingerprint density at radius 2 is 2.25 bits per heavy atom. The Balaban J connectivity index is 2.53. The molecule has 0 bridgehead atoms. The van der Waals surface area contributed by atoms with E-state index in [9.17, 15) is 4.79 Å². The first-order chi connectivity index (χ1) is 7.51. The molecule has 94 valence electrons. The number of likely N-dealkylation sites (tertiary alicyclic amines) is 1. The zero-order valence-corrected chi connectivity index (χ0v) is 11.2.